The summed E-state index contributed by atoms with van der Waals surface area (Å²) in [6, 6.07) is 10.3. The standard InChI is InChI=1S/C22H32O3/c1-5-21(25-22(23)6-2)16-12-7-9-13-18(3)19(4)24-17-20-14-10-8-11-15-20/h5-6,8,10-11,14-15,18-19,21H,1-2,7,9,12-13,16-17H2,3-4H3/t18-,19+,21+/m0/s1. The lowest BCUT2D eigenvalue weighted by molar-refractivity contribution is -0.141. The average Bonchev–Trinajstić information content (AvgIpc) is 2.65. The highest BCUT2D eigenvalue weighted by molar-refractivity contribution is 5.81. The van der Waals surface area contributed by atoms with Gasteiger partial charge in [0.05, 0.1) is 12.7 Å². The van der Waals surface area contributed by atoms with Crippen LogP contribution in [-0.2, 0) is 20.9 Å². The van der Waals surface area contributed by atoms with Gasteiger partial charge < -0.3 is 9.47 Å². The zero-order valence-electron chi connectivity index (χ0n) is 15.7. The van der Waals surface area contributed by atoms with E-state index in [0.29, 0.717) is 12.5 Å². The van der Waals surface area contributed by atoms with Gasteiger partial charge >= 0.3 is 5.97 Å². The third-order valence-corrected chi connectivity index (χ3v) is 4.50. The number of benzene rings is 1. The fourth-order valence-corrected chi connectivity index (χ4v) is 2.61. The predicted octanol–water partition coefficient (Wildman–Crippen LogP) is 5.46. The monoisotopic (exact) mass is 344 g/mol. The third kappa shape index (κ3) is 9.25. The summed E-state index contributed by atoms with van der Waals surface area (Å²) < 4.78 is 11.2. The van der Waals surface area contributed by atoms with E-state index in [4.69, 9.17) is 9.47 Å². The summed E-state index contributed by atoms with van der Waals surface area (Å²) >= 11 is 0. The van der Waals surface area contributed by atoms with Gasteiger partial charge in [-0.1, -0.05) is 69.3 Å². The molecule has 1 aromatic rings. The second kappa shape index (κ2) is 12.5. The Bertz CT molecular complexity index is 509. The molecule has 0 saturated carbocycles. The van der Waals surface area contributed by atoms with Gasteiger partial charge in [0.1, 0.15) is 6.10 Å². The first-order chi connectivity index (χ1) is 12.1. The molecule has 0 aliphatic heterocycles. The molecule has 138 valence electrons. The van der Waals surface area contributed by atoms with Crippen LogP contribution in [0.3, 0.4) is 0 Å². The van der Waals surface area contributed by atoms with Crippen LogP contribution >= 0.6 is 0 Å². The second-order valence-corrected chi connectivity index (χ2v) is 6.53. The first kappa shape index (κ1) is 21.2. The van der Waals surface area contributed by atoms with Crippen LogP contribution in [0.2, 0.25) is 0 Å². The number of hydrogen-bond donors (Lipinski definition) is 0. The largest absolute Gasteiger partial charge is 0.455 e. The molecule has 0 fully saturated rings. The van der Waals surface area contributed by atoms with Crippen molar-refractivity contribution in [2.75, 3.05) is 0 Å². The summed E-state index contributed by atoms with van der Waals surface area (Å²) in [6.07, 6.45) is 8.15. The smallest absolute Gasteiger partial charge is 0.330 e. The molecule has 0 heterocycles. The number of carbonyl (C=O) groups excluding carboxylic acids is 1. The van der Waals surface area contributed by atoms with Crippen molar-refractivity contribution in [3.05, 3.63) is 61.2 Å². The normalized spacial score (nSPS) is 14.3. The Kier molecular flexibility index (Phi) is 10.6. The zero-order chi connectivity index (χ0) is 18.5. The Balaban J connectivity index is 2.14. The number of hydrogen-bond acceptors (Lipinski definition) is 3. The van der Waals surface area contributed by atoms with E-state index in [-0.39, 0.29) is 18.2 Å². The molecule has 0 bridgehead atoms. The van der Waals surface area contributed by atoms with Crippen LogP contribution in [0.4, 0.5) is 0 Å². The van der Waals surface area contributed by atoms with Crippen molar-refractivity contribution in [3.63, 3.8) is 0 Å². The van der Waals surface area contributed by atoms with Crippen molar-refractivity contribution in [2.45, 2.75) is 64.8 Å². The van der Waals surface area contributed by atoms with Crippen LogP contribution < -0.4 is 0 Å². The molecule has 0 aliphatic carbocycles. The average molecular weight is 344 g/mol. The zero-order valence-corrected chi connectivity index (χ0v) is 15.7. The lowest BCUT2D eigenvalue weighted by Crippen LogP contribution is -2.18. The van der Waals surface area contributed by atoms with E-state index in [9.17, 15) is 4.79 Å². The topological polar surface area (TPSA) is 35.5 Å². The van der Waals surface area contributed by atoms with Gasteiger partial charge in [0.15, 0.2) is 0 Å². The van der Waals surface area contributed by atoms with Gasteiger partial charge in [-0.15, -0.1) is 0 Å². The Morgan fingerprint density at radius 2 is 1.76 bits per heavy atom. The Labute approximate surface area is 152 Å². The van der Waals surface area contributed by atoms with E-state index in [2.05, 4.69) is 39.1 Å². The van der Waals surface area contributed by atoms with Crippen LogP contribution in [0.15, 0.2) is 55.6 Å². The quantitative estimate of drug-likeness (QED) is 0.206. The molecule has 0 radical (unpaired) electrons. The molecule has 1 rings (SSSR count). The lowest BCUT2D eigenvalue weighted by Gasteiger charge is -2.21. The Morgan fingerprint density at radius 1 is 1.08 bits per heavy atom. The third-order valence-electron chi connectivity index (χ3n) is 4.50. The molecule has 3 heteroatoms. The van der Waals surface area contributed by atoms with E-state index in [0.717, 1.165) is 32.1 Å². The summed E-state index contributed by atoms with van der Waals surface area (Å²) in [5, 5.41) is 0. The van der Waals surface area contributed by atoms with Crippen LogP contribution in [0.5, 0.6) is 0 Å². The van der Waals surface area contributed by atoms with Gasteiger partial charge in [0, 0.05) is 6.08 Å². The highest BCUT2D eigenvalue weighted by atomic mass is 16.5. The summed E-state index contributed by atoms with van der Waals surface area (Å²) in [5.41, 5.74) is 1.21. The minimum atomic E-state index is -0.386. The van der Waals surface area contributed by atoms with Crippen molar-refractivity contribution in [3.8, 4) is 0 Å². The molecule has 0 saturated heterocycles. The van der Waals surface area contributed by atoms with E-state index >= 15 is 0 Å². The molecule has 0 amide bonds. The van der Waals surface area contributed by atoms with Crippen molar-refractivity contribution in [2.24, 2.45) is 5.92 Å². The van der Waals surface area contributed by atoms with Crippen LogP contribution in [0, 0.1) is 5.92 Å². The van der Waals surface area contributed by atoms with Crippen molar-refractivity contribution in [1.29, 1.82) is 0 Å². The number of rotatable bonds is 13. The molecule has 1 aromatic carbocycles. The maximum absolute atomic E-state index is 11.2. The van der Waals surface area contributed by atoms with Crippen LogP contribution in [-0.4, -0.2) is 18.2 Å². The Morgan fingerprint density at radius 3 is 2.40 bits per heavy atom. The predicted molar refractivity (Wildman–Crippen MR) is 103 cm³/mol. The van der Waals surface area contributed by atoms with E-state index in [1.165, 1.54) is 11.6 Å². The summed E-state index contributed by atoms with van der Waals surface area (Å²) in [4.78, 5) is 11.2. The maximum Gasteiger partial charge on any atom is 0.330 e. The van der Waals surface area contributed by atoms with Gasteiger partial charge in [-0.3, -0.25) is 0 Å². The van der Waals surface area contributed by atoms with Gasteiger partial charge in [0.25, 0.3) is 0 Å². The molecule has 0 aromatic heterocycles. The number of carbonyl (C=O) groups is 1. The number of esters is 1. The van der Waals surface area contributed by atoms with Crippen LogP contribution in [0.25, 0.3) is 0 Å². The van der Waals surface area contributed by atoms with Gasteiger partial charge in [-0.25, -0.2) is 4.79 Å². The molecular formula is C22H32O3. The maximum atomic E-state index is 11.2. The van der Waals surface area contributed by atoms with Crippen LogP contribution in [0.1, 0.15) is 51.5 Å². The minimum absolute atomic E-state index is 0.212. The first-order valence-corrected chi connectivity index (χ1v) is 9.18. The molecule has 0 aliphatic rings. The van der Waals surface area contributed by atoms with Crippen molar-refractivity contribution < 1.29 is 14.3 Å². The number of unbranched alkanes of at least 4 members (excludes halogenated alkanes) is 2. The molecule has 0 N–H and O–H groups in total. The summed E-state index contributed by atoms with van der Waals surface area (Å²) in [6.45, 7) is 12.2. The van der Waals surface area contributed by atoms with E-state index in [1.54, 1.807) is 6.08 Å². The SMILES string of the molecule is C=CC(=O)O[C@H](C=C)CCCCC[C@H](C)[C@@H](C)OCc1ccccc1. The highest BCUT2D eigenvalue weighted by Crippen LogP contribution is 2.18. The van der Waals surface area contributed by atoms with Gasteiger partial charge in [-0.05, 0) is 37.7 Å². The summed E-state index contributed by atoms with van der Waals surface area (Å²) in [5.74, 6) is 0.139. The van der Waals surface area contributed by atoms with E-state index < -0.39 is 0 Å². The molecular weight excluding hydrogens is 312 g/mol. The van der Waals surface area contributed by atoms with Crippen molar-refractivity contribution >= 4 is 5.97 Å². The van der Waals surface area contributed by atoms with Gasteiger partial charge in [0.2, 0.25) is 0 Å². The lowest BCUT2D eigenvalue weighted by atomic mass is 9.97. The fraction of sp³-hybridized carbons (Fsp3) is 0.500. The van der Waals surface area contributed by atoms with Crippen molar-refractivity contribution in [1.82, 2.24) is 0 Å². The van der Waals surface area contributed by atoms with Gasteiger partial charge in [-0.2, -0.15) is 0 Å². The summed E-state index contributed by atoms with van der Waals surface area (Å²) in [7, 11) is 0. The van der Waals surface area contributed by atoms with E-state index in [1.807, 2.05) is 18.2 Å². The molecule has 0 unspecified atom stereocenters. The second-order valence-electron chi connectivity index (χ2n) is 6.53. The molecule has 3 atom stereocenters. The number of ether oxygens (including phenoxy) is 2. The highest BCUT2D eigenvalue weighted by Gasteiger charge is 2.13. The molecule has 25 heavy (non-hydrogen) atoms. The minimum Gasteiger partial charge on any atom is -0.455 e. The first-order valence-electron chi connectivity index (χ1n) is 9.18. The Hall–Kier alpha value is -1.87. The molecule has 3 nitrogen and oxygen atoms in total. The fourth-order valence-electron chi connectivity index (χ4n) is 2.61. The molecule has 0 spiro atoms.